The van der Waals surface area contributed by atoms with Crippen molar-refractivity contribution in [2.24, 2.45) is 5.92 Å². The molecule has 0 spiro atoms. The smallest absolute Gasteiger partial charge is 0.254 e. The zero-order chi connectivity index (χ0) is 15.6. The Morgan fingerprint density at radius 3 is 2.87 bits per heavy atom. The lowest BCUT2D eigenvalue weighted by Crippen LogP contribution is -2.19. The molecule has 116 valence electrons. The van der Waals surface area contributed by atoms with Crippen LogP contribution in [-0.4, -0.2) is 37.3 Å². The highest BCUT2D eigenvalue weighted by Gasteiger charge is 2.19. The Morgan fingerprint density at radius 1 is 1.22 bits per heavy atom. The molecule has 1 aliphatic rings. The number of aliphatic hydroxyl groups excluding tert-OH is 1. The zero-order valence-electron chi connectivity index (χ0n) is 12.5. The van der Waals surface area contributed by atoms with Gasteiger partial charge in [0.2, 0.25) is 0 Å². The van der Waals surface area contributed by atoms with Crippen molar-refractivity contribution in [2.45, 2.75) is 12.5 Å². The van der Waals surface area contributed by atoms with Crippen molar-refractivity contribution in [3.63, 3.8) is 0 Å². The first-order chi connectivity index (χ1) is 11.3. The van der Waals surface area contributed by atoms with Gasteiger partial charge in [0.15, 0.2) is 0 Å². The second-order valence-corrected chi connectivity index (χ2v) is 5.68. The highest BCUT2D eigenvalue weighted by atomic mass is 16.3. The van der Waals surface area contributed by atoms with E-state index in [2.05, 4.69) is 32.5 Å². The Hall–Kier alpha value is -2.73. The lowest BCUT2D eigenvalue weighted by molar-refractivity contribution is 0.250. The fraction of sp³-hybridized carbons (Fsp3) is 0.235. The fourth-order valence-electron chi connectivity index (χ4n) is 2.88. The van der Waals surface area contributed by atoms with Crippen LogP contribution in [0, 0.1) is 5.92 Å². The number of fused-ring (bicyclic) bond motifs is 1. The first-order valence-electron chi connectivity index (χ1n) is 7.65. The molecule has 3 aromatic rings. The monoisotopic (exact) mass is 307 g/mol. The maximum atomic E-state index is 9.26. The minimum atomic E-state index is 0.172. The van der Waals surface area contributed by atoms with E-state index in [1.54, 1.807) is 4.52 Å². The topological polar surface area (TPSA) is 75.3 Å². The third kappa shape index (κ3) is 2.68. The van der Waals surface area contributed by atoms with E-state index in [9.17, 15) is 5.11 Å². The molecule has 0 amide bonds. The highest BCUT2D eigenvalue weighted by molar-refractivity contribution is 5.65. The average molecular weight is 307 g/mol. The van der Waals surface area contributed by atoms with Crippen molar-refractivity contribution in [1.82, 2.24) is 19.6 Å². The number of hydrogen-bond donors (Lipinski definition) is 2. The van der Waals surface area contributed by atoms with Gasteiger partial charge in [-0.2, -0.15) is 14.6 Å². The van der Waals surface area contributed by atoms with Gasteiger partial charge in [-0.15, -0.1) is 0 Å². The van der Waals surface area contributed by atoms with Crippen LogP contribution in [0.1, 0.15) is 6.42 Å². The van der Waals surface area contributed by atoms with Gasteiger partial charge >= 0.3 is 0 Å². The molecule has 0 radical (unpaired) electrons. The van der Waals surface area contributed by atoms with E-state index in [0.717, 1.165) is 23.5 Å². The molecule has 0 bridgehead atoms. The van der Waals surface area contributed by atoms with Crippen molar-refractivity contribution in [2.75, 3.05) is 11.9 Å². The maximum Gasteiger partial charge on any atom is 0.254 e. The molecule has 1 aliphatic carbocycles. The van der Waals surface area contributed by atoms with Gasteiger partial charge in [-0.05, 0) is 6.42 Å². The molecular formula is C17H17N5O. The predicted molar refractivity (Wildman–Crippen MR) is 88.0 cm³/mol. The average Bonchev–Trinajstić information content (AvgIpc) is 3.24. The Kier molecular flexibility index (Phi) is 3.51. The van der Waals surface area contributed by atoms with Crippen LogP contribution in [0.5, 0.6) is 0 Å². The van der Waals surface area contributed by atoms with Gasteiger partial charge in [0.1, 0.15) is 12.1 Å². The number of anilines is 1. The lowest BCUT2D eigenvalue weighted by Gasteiger charge is -2.15. The number of aliphatic hydroxyl groups is 1. The van der Waals surface area contributed by atoms with Crippen molar-refractivity contribution in [3.8, 4) is 11.3 Å². The first kappa shape index (κ1) is 13.9. The Balaban J connectivity index is 1.71. The number of nitrogens with one attached hydrogen (secondary N) is 1. The number of aromatic nitrogens is 4. The molecule has 0 saturated carbocycles. The molecule has 23 heavy (non-hydrogen) atoms. The first-order valence-corrected chi connectivity index (χ1v) is 7.65. The summed E-state index contributed by atoms with van der Waals surface area (Å²) in [7, 11) is 0. The van der Waals surface area contributed by atoms with Crippen molar-refractivity contribution >= 4 is 11.6 Å². The van der Waals surface area contributed by atoms with Crippen molar-refractivity contribution in [1.29, 1.82) is 0 Å². The second kappa shape index (κ2) is 5.81. The van der Waals surface area contributed by atoms with E-state index in [1.807, 2.05) is 36.4 Å². The van der Waals surface area contributed by atoms with Gasteiger partial charge < -0.3 is 10.4 Å². The van der Waals surface area contributed by atoms with Gasteiger partial charge in [-0.1, -0.05) is 42.5 Å². The van der Waals surface area contributed by atoms with Crippen LogP contribution in [0.3, 0.4) is 0 Å². The molecule has 6 nitrogen and oxygen atoms in total. The van der Waals surface area contributed by atoms with Crippen LogP contribution < -0.4 is 5.32 Å². The summed E-state index contributed by atoms with van der Waals surface area (Å²) in [4.78, 5) is 8.78. The minimum absolute atomic E-state index is 0.172. The summed E-state index contributed by atoms with van der Waals surface area (Å²) >= 11 is 0. The van der Waals surface area contributed by atoms with E-state index in [1.165, 1.54) is 6.33 Å². The molecule has 4 rings (SSSR count). The molecule has 2 atom stereocenters. The van der Waals surface area contributed by atoms with E-state index in [4.69, 9.17) is 0 Å². The quantitative estimate of drug-likeness (QED) is 0.722. The molecule has 0 unspecified atom stereocenters. The summed E-state index contributed by atoms with van der Waals surface area (Å²) in [5, 5.41) is 17.0. The van der Waals surface area contributed by atoms with Crippen LogP contribution in [0.4, 0.5) is 5.82 Å². The predicted octanol–water partition coefficient (Wildman–Crippen LogP) is 2.14. The number of rotatable bonds is 4. The minimum Gasteiger partial charge on any atom is -0.396 e. The molecule has 0 fully saturated rings. The third-order valence-corrected chi connectivity index (χ3v) is 4.06. The number of hydrogen-bond acceptors (Lipinski definition) is 5. The van der Waals surface area contributed by atoms with E-state index in [0.29, 0.717) is 5.78 Å². The zero-order valence-corrected chi connectivity index (χ0v) is 12.5. The molecule has 2 aromatic heterocycles. The number of benzene rings is 1. The number of nitrogens with zero attached hydrogens (tertiary/aromatic N) is 4. The van der Waals surface area contributed by atoms with Gasteiger partial charge in [0.05, 0.1) is 5.69 Å². The molecule has 1 aromatic carbocycles. The Morgan fingerprint density at radius 2 is 2.09 bits per heavy atom. The standard InChI is InChI=1S/C17H17N5O/c23-10-12-6-7-14(8-12)20-16-9-15(13-4-2-1-3-5-13)21-17-18-11-19-22(16)17/h1-7,9,11-12,14,20,23H,8,10H2/t12-,14+/m0/s1. The van der Waals surface area contributed by atoms with Crippen LogP contribution >= 0.6 is 0 Å². The molecule has 2 heterocycles. The maximum absolute atomic E-state index is 9.26. The lowest BCUT2D eigenvalue weighted by atomic mass is 10.1. The molecule has 0 aliphatic heterocycles. The summed E-state index contributed by atoms with van der Waals surface area (Å²) < 4.78 is 1.70. The highest BCUT2D eigenvalue weighted by Crippen LogP contribution is 2.24. The Labute approximate surface area is 133 Å². The SMILES string of the molecule is OC[C@H]1C=C[C@@H](Nc2cc(-c3ccccc3)nc3ncnn23)C1. The van der Waals surface area contributed by atoms with Gasteiger partial charge in [-0.25, -0.2) is 4.98 Å². The van der Waals surface area contributed by atoms with Crippen molar-refractivity contribution < 1.29 is 5.11 Å². The third-order valence-electron chi connectivity index (χ3n) is 4.06. The van der Waals surface area contributed by atoms with Gasteiger partial charge in [0, 0.05) is 30.2 Å². The molecule has 2 N–H and O–H groups in total. The van der Waals surface area contributed by atoms with Crippen LogP contribution in [-0.2, 0) is 0 Å². The fourth-order valence-corrected chi connectivity index (χ4v) is 2.88. The van der Waals surface area contributed by atoms with E-state index in [-0.39, 0.29) is 18.6 Å². The second-order valence-electron chi connectivity index (χ2n) is 5.68. The summed E-state index contributed by atoms with van der Waals surface area (Å²) in [5.74, 6) is 1.63. The van der Waals surface area contributed by atoms with Gasteiger partial charge in [-0.3, -0.25) is 0 Å². The summed E-state index contributed by atoms with van der Waals surface area (Å²) in [5.41, 5.74) is 1.89. The van der Waals surface area contributed by atoms with Crippen LogP contribution in [0.25, 0.3) is 17.0 Å². The largest absolute Gasteiger partial charge is 0.396 e. The molecule has 0 saturated heterocycles. The summed E-state index contributed by atoms with van der Waals surface area (Å²) in [6.07, 6.45) is 6.51. The van der Waals surface area contributed by atoms with Crippen LogP contribution in [0.2, 0.25) is 0 Å². The van der Waals surface area contributed by atoms with E-state index >= 15 is 0 Å². The normalized spacial score (nSPS) is 20.2. The molecular weight excluding hydrogens is 290 g/mol. The summed E-state index contributed by atoms with van der Waals surface area (Å²) in [6.45, 7) is 0.180. The Bertz CT molecular complexity index is 843. The van der Waals surface area contributed by atoms with Crippen LogP contribution in [0.15, 0.2) is 54.9 Å². The van der Waals surface area contributed by atoms with Crippen molar-refractivity contribution in [3.05, 3.63) is 54.9 Å². The van der Waals surface area contributed by atoms with Gasteiger partial charge in [0.25, 0.3) is 5.78 Å². The van der Waals surface area contributed by atoms with E-state index < -0.39 is 0 Å². The molecule has 6 heteroatoms. The summed E-state index contributed by atoms with van der Waals surface area (Å²) in [6, 6.07) is 12.2.